The first kappa shape index (κ1) is 10.4. The van der Waals surface area contributed by atoms with E-state index in [0.29, 0.717) is 6.42 Å². The van der Waals surface area contributed by atoms with E-state index in [-0.39, 0.29) is 6.61 Å². The lowest BCUT2D eigenvalue weighted by atomic mass is 9.86. The Bertz CT molecular complexity index is 228. The summed E-state index contributed by atoms with van der Waals surface area (Å²) < 4.78 is 5.28. The van der Waals surface area contributed by atoms with Gasteiger partial charge in [0, 0.05) is 0 Å². The molecular weight excluding hydrogens is 174 g/mol. The first-order valence-electron chi connectivity index (χ1n) is 4.11. The van der Waals surface area contributed by atoms with Crippen LogP contribution in [0.2, 0.25) is 0 Å². The van der Waals surface area contributed by atoms with Crippen molar-refractivity contribution in [2.24, 2.45) is 5.73 Å². The van der Waals surface area contributed by atoms with Crippen molar-refractivity contribution in [1.29, 1.82) is 0 Å². The Morgan fingerprint density at radius 1 is 1.62 bits per heavy atom. The number of carbonyl (C=O) groups is 1. The molecule has 0 aromatic rings. The second kappa shape index (κ2) is 2.94. The van der Waals surface area contributed by atoms with E-state index in [4.69, 9.17) is 15.6 Å². The van der Waals surface area contributed by atoms with Crippen molar-refractivity contribution in [3.63, 3.8) is 0 Å². The molecule has 0 saturated carbocycles. The summed E-state index contributed by atoms with van der Waals surface area (Å²) in [5, 5.41) is 17.9. The lowest BCUT2D eigenvalue weighted by molar-refractivity contribution is -0.150. The molecule has 0 amide bonds. The minimum absolute atomic E-state index is 0.0769. The largest absolute Gasteiger partial charge is 0.479 e. The zero-order chi connectivity index (χ0) is 10.3. The average Bonchev–Trinajstić information content (AvgIpc) is 2.25. The summed E-state index contributed by atoms with van der Waals surface area (Å²) in [5.41, 5.74) is 4.11. The van der Waals surface area contributed by atoms with Crippen molar-refractivity contribution in [1.82, 2.24) is 0 Å². The van der Waals surface area contributed by atoms with E-state index in [1.807, 2.05) is 13.8 Å². The first-order valence-corrected chi connectivity index (χ1v) is 4.11. The van der Waals surface area contributed by atoms with E-state index in [9.17, 15) is 9.90 Å². The number of hydrogen-bond acceptors (Lipinski definition) is 4. The first-order chi connectivity index (χ1) is 5.77. The molecule has 2 unspecified atom stereocenters. The van der Waals surface area contributed by atoms with Crippen LogP contribution in [0, 0.1) is 0 Å². The molecule has 76 valence electrons. The topological polar surface area (TPSA) is 92.8 Å². The number of nitrogens with two attached hydrogens (primary N) is 1. The van der Waals surface area contributed by atoms with Gasteiger partial charge >= 0.3 is 5.97 Å². The number of hydrogen-bond donors (Lipinski definition) is 3. The van der Waals surface area contributed by atoms with Crippen molar-refractivity contribution < 1.29 is 19.7 Å². The lowest BCUT2D eigenvalue weighted by Crippen LogP contribution is -2.55. The minimum Gasteiger partial charge on any atom is -0.479 e. The van der Waals surface area contributed by atoms with Crippen LogP contribution in [-0.4, -0.2) is 40.0 Å². The average molecular weight is 189 g/mol. The summed E-state index contributed by atoms with van der Waals surface area (Å²) >= 11 is 0. The summed E-state index contributed by atoms with van der Waals surface area (Å²) in [5.74, 6) is -1.30. The maximum absolute atomic E-state index is 10.5. The van der Waals surface area contributed by atoms with Crippen LogP contribution in [0.3, 0.4) is 0 Å². The van der Waals surface area contributed by atoms with Crippen LogP contribution in [0.25, 0.3) is 0 Å². The summed E-state index contributed by atoms with van der Waals surface area (Å²) in [6.45, 7) is 3.71. The summed E-state index contributed by atoms with van der Waals surface area (Å²) in [6.07, 6.45) is -1.22. The monoisotopic (exact) mass is 189 g/mol. The van der Waals surface area contributed by atoms with Gasteiger partial charge in [0.05, 0.1) is 17.7 Å². The second-order valence-corrected chi connectivity index (χ2v) is 4.20. The number of aliphatic hydroxyl groups is 1. The highest BCUT2D eigenvalue weighted by Gasteiger charge is 2.49. The summed E-state index contributed by atoms with van der Waals surface area (Å²) in [4.78, 5) is 10.5. The molecule has 0 bridgehead atoms. The maximum Gasteiger partial charge on any atom is 0.334 e. The van der Waals surface area contributed by atoms with Gasteiger partial charge in [0.25, 0.3) is 0 Å². The Kier molecular flexibility index (Phi) is 2.36. The molecule has 2 atom stereocenters. The predicted octanol–water partition coefficient (Wildman–Crippen LogP) is -0.672. The molecule has 0 aliphatic carbocycles. The molecule has 5 nitrogen and oxygen atoms in total. The fourth-order valence-corrected chi connectivity index (χ4v) is 1.65. The number of carboxylic acids is 1. The molecule has 0 aromatic carbocycles. The van der Waals surface area contributed by atoms with Gasteiger partial charge in [0.2, 0.25) is 0 Å². The molecule has 1 saturated heterocycles. The molecule has 5 heteroatoms. The second-order valence-electron chi connectivity index (χ2n) is 4.20. The smallest absolute Gasteiger partial charge is 0.334 e. The summed E-state index contributed by atoms with van der Waals surface area (Å²) in [6, 6.07) is 0. The standard InChI is InChI=1S/C8H15NO4/c1-7(2)3-8(9,4-13-7)5(10)6(11)12/h5,10H,3-4,9H2,1-2H3,(H,11,12). The molecule has 1 aliphatic heterocycles. The highest BCUT2D eigenvalue weighted by molar-refractivity contribution is 5.74. The van der Waals surface area contributed by atoms with Crippen LogP contribution in [0.15, 0.2) is 0 Å². The van der Waals surface area contributed by atoms with Crippen LogP contribution >= 0.6 is 0 Å². The highest BCUT2D eigenvalue weighted by Crippen LogP contribution is 2.32. The van der Waals surface area contributed by atoms with Gasteiger partial charge in [0.15, 0.2) is 6.10 Å². The van der Waals surface area contributed by atoms with Crippen LogP contribution < -0.4 is 5.73 Å². The number of ether oxygens (including phenoxy) is 1. The molecule has 0 aromatic heterocycles. The van der Waals surface area contributed by atoms with E-state index in [0.717, 1.165) is 0 Å². The van der Waals surface area contributed by atoms with Gasteiger partial charge < -0.3 is 20.7 Å². The maximum atomic E-state index is 10.5. The zero-order valence-corrected chi connectivity index (χ0v) is 7.78. The quantitative estimate of drug-likeness (QED) is 0.535. The number of aliphatic hydroxyl groups excluding tert-OH is 1. The summed E-state index contributed by atoms with van der Waals surface area (Å²) in [7, 11) is 0. The third kappa shape index (κ3) is 1.99. The predicted molar refractivity (Wildman–Crippen MR) is 45.2 cm³/mol. The van der Waals surface area contributed by atoms with Gasteiger partial charge in [-0.1, -0.05) is 0 Å². The van der Waals surface area contributed by atoms with Gasteiger partial charge in [0.1, 0.15) is 0 Å². The SMILES string of the molecule is CC1(C)CC(N)(C(O)C(=O)O)CO1. The Balaban J connectivity index is 2.75. The van der Waals surface area contributed by atoms with Crippen LogP contribution in [0.1, 0.15) is 20.3 Å². The molecule has 0 spiro atoms. The molecule has 13 heavy (non-hydrogen) atoms. The minimum atomic E-state index is -1.56. The zero-order valence-electron chi connectivity index (χ0n) is 7.78. The van der Waals surface area contributed by atoms with E-state index >= 15 is 0 Å². The fraction of sp³-hybridized carbons (Fsp3) is 0.875. The van der Waals surface area contributed by atoms with Gasteiger partial charge in [-0.15, -0.1) is 0 Å². The van der Waals surface area contributed by atoms with E-state index < -0.39 is 23.2 Å². The number of aliphatic carboxylic acids is 1. The number of carboxylic acid groups (broad SMARTS) is 1. The van der Waals surface area contributed by atoms with Gasteiger partial charge in [-0.25, -0.2) is 4.79 Å². The van der Waals surface area contributed by atoms with Crippen LogP contribution in [0.5, 0.6) is 0 Å². The Morgan fingerprint density at radius 2 is 2.15 bits per heavy atom. The van der Waals surface area contributed by atoms with Crippen LogP contribution in [0.4, 0.5) is 0 Å². The van der Waals surface area contributed by atoms with Crippen molar-refractivity contribution in [3.05, 3.63) is 0 Å². The van der Waals surface area contributed by atoms with Gasteiger partial charge in [-0.2, -0.15) is 0 Å². The third-order valence-corrected chi connectivity index (χ3v) is 2.26. The fourth-order valence-electron chi connectivity index (χ4n) is 1.65. The lowest BCUT2D eigenvalue weighted by Gasteiger charge is -2.26. The van der Waals surface area contributed by atoms with E-state index in [2.05, 4.69) is 0 Å². The molecule has 0 radical (unpaired) electrons. The van der Waals surface area contributed by atoms with E-state index in [1.165, 1.54) is 0 Å². The molecule has 1 rings (SSSR count). The van der Waals surface area contributed by atoms with Crippen molar-refractivity contribution in [2.45, 2.75) is 37.5 Å². The van der Waals surface area contributed by atoms with Crippen molar-refractivity contribution in [2.75, 3.05) is 6.61 Å². The van der Waals surface area contributed by atoms with Gasteiger partial charge in [-0.3, -0.25) is 0 Å². The van der Waals surface area contributed by atoms with Crippen LogP contribution in [-0.2, 0) is 9.53 Å². The molecule has 1 aliphatic rings. The third-order valence-electron chi connectivity index (χ3n) is 2.26. The Hall–Kier alpha value is -0.650. The highest BCUT2D eigenvalue weighted by atomic mass is 16.5. The molecular formula is C8H15NO4. The molecule has 4 N–H and O–H groups in total. The van der Waals surface area contributed by atoms with Crippen molar-refractivity contribution in [3.8, 4) is 0 Å². The molecule has 1 fully saturated rings. The van der Waals surface area contributed by atoms with Crippen molar-refractivity contribution >= 4 is 5.97 Å². The Morgan fingerprint density at radius 3 is 2.46 bits per heavy atom. The van der Waals surface area contributed by atoms with Gasteiger partial charge in [-0.05, 0) is 20.3 Å². The number of rotatable bonds is 2. The molecule has 1 heterocycles. The normalized spacial score (nSPS) is 34.5. The van der Waals surface area contributed by atoms with E-state index in [1.54, 1.807) is 0 Å². The Labute approximate surface area is 76.5 Å².